The Balaban J connectivity index is 2.84. The Morgan fingerprint density at radius 2 is 1.55 bits per heavy atom. The molecule has 0 saturated carbocycles. The van der Waals surface area contributed by atoms with Crippen molar-refractivity contribution in [1.29, 1.82) is 0 Å². The molecule has 0 atom stereocenters. The Hall–Kier alpha value is -1.02. The zero-order valence-corrected chi connectivity index (χ0v) is 13.9. The minimum atomic E-state index is 0.624. The fraction of sp³-hybridized carbons (Fsp3) is 0.667. The normalized spacial score (nSPS) is 11.4. The third-order valence-electron chi connectivity index (χ3n) is 3.79. The van der Waals surface area contributed by atoms with Gasteiger partial charge in [0.25, 0.3) is 0 Å². The van der Waals surface area contributed by atoms with Gasteiger partial charge in [0.05, 0.1) is 0 Å². The minimum Gasteiger partial charge on any atom is -0.371 e. The van der Waals surface area contributed by atoms with Gasteiger partial charge in [0.15, 0.2) is 0 Å². The van der Waals surface area contributed by atoms with E-state index in [-0.39, 0.29) is 0 Å². The molecule has 1 aromatic rings. The standard InChI is InChI=1S/C18H32N2/c1-14(2)8-10-20(11-9-15(3)4)18-7-6-17(13-19)12-16(18)5/h6-7,12,14-15H,8-11,13,19H2,1-5H3. The molecule has 0 aliphatic rings. The van der Waals surface area contributed by atoms with Gasteiger partial charge in [-0.15, -0.1) is 0 Å². The van der Waals surface area contributed by atoms with E-state index >= 15 is 0 Å². The van der Waals surface area contributed by atoms with Crippen LogP contribution < -0.4 is 10.6 Å². The van der Waals surface area contributed by atoms with Crippen LogP contribution in [0.25, 0.3) is 0 Å². The Labute approximate surface area is 125 Å². The van der Waals surface area contributed by atoms with E-state index in [1.165, 1.54) is 29.7 Å². The summed E-state index contributed by atoms with van der Waals surface area (Å²) in [6, 6.07) is 6.64. The first-order valence-electron chi connectivity index (χ1n) is 7.98. The van der Waals surface area contributed by atoms with Gasteiger partial charge in [-0.05, 0) is 48.8 Å². The zero-order chi connectivity index (χ0) is 15.1. The number of benzene rings is 1. The highest BCUT2D eigenvalue weighted by atomic mass is 15.1. The fourth-order valence-electron chi connectivity index (χ4n) is 2.38. The number of nitrogens with zero attached hydrogens (tertiary/aromatic N) is 1. The van der Waals surface area contributed by atoms with Gasteiger partial charge >= 0.3 is 0 Å². The average molecular weight is 276 g/mol. The second kappa shape index (κ2) is 8.31. The monoisotopic (exact) mass is 276 g/mol. The van der Waals surface area contributed by atoms with Gasteiger partial charge in [0.2, 0.25) is 0 Å². The van der Waals surface area contributed by atoms with E-state index in [1.54, 1.807) is 0 Å². The van der Waals surface area contributed by atoms with Crippen LogP contribution in [0.15, 0.2) is 18.2 Å². The molecule has 0 aliphatic heterocycles. The lowest BCUT2D eigenvalue weighted by atomic mass is 10.0. The molecule has 1 rings (SSSR count). The van der Waals surface area contributed by atoms with Crippen LogP contribution in [-0.4, -0.2) is 13.1 Å². The lowest BCUT2D eigenvalue weighted by Crippen LogP contribution is -2.28. The molecule has 0 saturated heterocycles. The Morgan fingerprint density at radius 3 is 1.95 bits per heavy atom. The summed E-state index contributed by atoms with van der Waals surface area (Å²) < 4.78 is 0. The van der Waals surface area contributed by atoms with E-state index in [0.29, 0.717) is 6.54 Å². The lowest BCUT2D eigenvalue weighted by Gasteiger charge is -2.28. The largest absolute Gasteiger partial charge is 0.371 e. The van der Waals surface area contributed by atoms with Crippen molar-refractivity contribution >= 4 is 5.69 Å². The Bertz CT molecular complexity index is 384. The fourth-order valence-corrected chi connectivity index (χ4v) is 2.38. The average Bonchev–Trinajstić information content (AvgIpc) is 2.39. The topological polar surface area (TPSA) is 29.3 Å². The van der Waals surface area contributed by atoms with E-state index in [0.717, 1.165) is 24.9 Å². The van der Waals surface area contributed by atoms with Crippen molar-refractivity contribution in [3.8, 4) is 0 Å². The molecular weight excluding hydrogens is 244 g/mol. The second-order valence-corrected chi connectivity index (χ2v) is 6.68. The second-order valence-electron chi connectivity index (χ2n) is 6.68. The lowest BCUT2D eigenvalue weighted by molar-refractivity contribution is 0.535. The maximum absolute atomic E-state index is 5.73. The van der Waals surface area contributed by atoms with Crippen molar-refractivity contribution in [3.05, 3.63) is 29.3 Å². The molecule has 0 aromatic heterocycles. The van der Waals surface area contributed by atoms with Crippen LogP contribution in [-0.2, 0) is 6.54 Å². The van der Waals surface area contributed by atoms with Crippen molar-refractivity contribution in [2.24, 2.45) is 17.6 Å². The SMILES string of the molecule is Cc1cc(CN)ccc1N(CCC(C)C)CCC(C)C. The first kappa shape index (κ1) is 17.0. The maximum atomic E-state index is 5.73. The van der Waals surface area contributed by atoms with E-state index in [1.807, 2.05) is 0 Å². The van der Waals surface area contributed by atoms with E-state index < -0.39 is 0 Å². The summed E-state index contributed by atoms with van der Waals surface area (Å²) in [5.74, 6) is 1.50. The molecule has 0 aliphatic carbocycles. The molecule has 2 heteroatoms. The number of aryl methyl sites for hydroxylation is 1. The quantitative estimate of drug-likeness (QED) is 0.764. The van der Waals surface area contributed by atoms with Crippen LogP contribution in [0.3, 0.4) is 0 Å². The first-order valence-corrected chi connectivity index (χ1v) is 7.98. The van der Waals surface area contributed by atoms with Crippen molar-refractivity contribution in [2.45, 2.75) is 54.0 Å². The molecule has 1 aromatic carbocycles. The van der Waals surface area contributed by atoms with Gasteiger partial charge in [-0.1, -0.05) is 39.8 Å². The zero-order valence-electron chi connectivity index (χ0n) is 13.9. The van der Waals surface area contributed by atoms with Crippen LogP contribution in [0.5, 0.6) is 0 Å². The summed E-state index contributed by atoms with van der Waals surface area (Å²) in [5, 5.41) is 0. The molecule has 114 valence electrons. The van der Waals surface area contributed by atoms with E-state index in [2.05, 4.69) is 57.7 Å². The van der Waals surface area contributed by atoms with E-state index in [9.17, 15) is 0 Å². The first-order chi connectivity index (χ1) is 9.43. The number of hydrogen-bond acceptors (Lipinski definition) is 2. The van der Waals surface area contributed by atoms with Crippen molar-refractivity contribution < 1.29 is 0 Å². The number of hydrogen-bond donors (Lipinski definition) is 1. The van der Waals surface area contributed by atoms with Gasteiger partial charge in [-0.2, -0.15) is 0 Å². The predicted molar refractivity (Wildman–Crippen MR) is 90.2 cm³/mol. The molecule has 2 N–H and O–H groups in total. The summed E-state index contributed by atoms with van der Waals surface area (Å²) in [4.78, 5) is 2.55. The van der Waals surface area contributed by atoms with Crippen LogP contribution >= 0.6 is 0 Å². The molecule has 0 fully saturated rings. The smallest absolute Gasteiger partial charge is 0.0396 e. The molecule has 0 spiro atoms. The van der Waals surface area contributed by atoms with Crippen LogP contribution in [0.2, 0.25) is 0 Å². The summed E-state index contributed by atoms with van der Waals surface area (Å²) >= 11 is 0. The van der Waals surface area contributed by atoms with Crippen LogP contribution in [0.4, 0.5) is 5.69 Å². The van der Waals surface area contributed by atoms with Crippen molar-refractivity contribution in [1.82, 2.24) is 0 Å². The molecule has 0 unspecified atom stereocenters. The van der Waals surface area contributed by atoms with E-state index in [4.69, 9.17) is 5.73 Å². The Morgan fingerprint density at radius 1 is 1.00 bits per heavy atom. The van der Waals surface area contributed by atoms with Crippen LogP contribution in [0, 0.1) is 18.8 Å². The molecule has 0 amide bonds. The van der Waals surface area contributed by atoms with Crippen LogP contribution in [0.1, 0.15) is 51.7 Å². The number of rotatable bonds is 8. The molecule has 0 heterocycles. The molecule has 2 nitrogen and oxygen atoms in total. The number of nitrogens with two attached hydrogens (primary N) is 1. The molecular formula is C18H32N2. The highest BCUT2D eigenvalue weighted by Crippen LogP contribution is 2.23. The maximum Gasteiger partial charge on any atom is 0.0396 e. The summed E-state index contributed by atoms with van der Waals surface area (Å²) in [5.41, 5.74) is 9.68. The highest BCUT2D eigenvalue weighted by Gasteiger charge is 2.11. The van der Waals surface area contributed by atoms with Gasteiger partial charge in [0, 0.05) is 25.3 Å². The predicted octanol–water partition coefficient (Wildman–Crippen LogP) is 4.35. The molecule has 0 bridgehead atoms. The number of anilines is 1. The summed E-state index contributed by atoms with van der Waals surface area (Å²) in [6.45, 7) is 14.3. The van der Waals surface area contributed by atoms with Crippen molar-refractivity contribution in [2.75, 3.05) is 18.0 Å². The Kier molecular flexibility index (Phi) is 7.08. The van der Waals surface area contributed by atoms with Gasteiger partial charge in [0.1, 0.15) is 0 Å². The summed E-state index contributed by atoms with van der Waals surface area (Å²) in [6.07, 6.45) is 2.49. The third kappa shape index (κ3) is 5.54. The molecule has 0 radical (unpaired) electrons. The molecule has 20 heavy (non-hydrogen) atoms. The minimum absolute atomic E-state index is 0.624. The van der Waals surface area contributed by atoms with Gasteiger partial charge in [-0.25, -0.2) is 0 Å². The van der Waals surface area contributed by atoms with Crippen molar-refractivity contribution in [3.63, 3.8) is 0 Å². The van der Waals surface area contributed by atoms with Gasteiger partial charge in [-0.3, -0.25) is 0 Å². The van der Waals surface area contributed by atoms with Gasteiger partial charge < -0.3 is 10.6 Å². The highest BCUT2D eigenvalue weighted by molar-refractivity contribution is 5.54. The third-order valence-corrected chi connectivity index (χ3v) is 3.79. The summed E-state index contributed by atoms with van der Waals surface area (Å²) in [7, 11) is 0.